The lowest BCUT2D eigenvalue weighted by atomic mass is 9.78. The monoisotopic (exact) mass is 344 g/mol. The molecule has 0 spiro atoms. The Morgan fingerprint density at radius 2 is 2.14 bits per heavy atom. The van der Waals surface area contributed by atoms with Crippen molar-refractivity contribution in [1.29, 1.82) is 5.26 Å². The Bertz CT molecular complexity index is 693. The summed E-state index contributed by atoms with van der Waals surface area (Å²) >= 11 is 3.57. The summed E-state index contributed by atoms with van der Waals surface area (Å²) in [4.78, 5) is 4.36. The van der Waals surface area contributed by atoms with Gasteiger partial charge in [0.15, 0.2) is 0 Å². The highest BCUT2D eigenvalue weighted by Gasteiger charge is 2.32. The number of rotatable bonds is 2. The molecule has 3 rings (SSSR count). The van der Waals surface area contributed by atoms with Crippen molar-refractivity contribution in [1.82, 2.24) is 14.9 Å². The van der Waals surface area contributed by atoms with Gasteiger partial charge in [0, 0.05) is 21.8 Å². The Kier molecular flexibility index (Phi) is 3.83. The van der Waals surface area contributed by atoms with E-state index in [1.807, 2.05) is 30.7 Å². The van der Waals surface area contributed by atoms with E-state index in [4.69, 9.17) is 5.26 Å². The van der Waals surface area contributed by atoms with Gasteiger partial charge in [0.1, 0.15) is 0 Å². The minimum Gasteiger partial charge on any atom is -0.317 e. The summed E-state index contributed by atoms with van der Waals surface area (Å²) in [5.41, 5.74) is 3.05. The van der Waals surface area contributed by atoms with E-state index in [1.165, 1.54) is 5.69 Å². The third-order valence-electron chi connectivity index (χ3n) is 4.30. The van der Waals surface area contributed by atoms with Gasteiger partial charge in [0.25, 0.3) is 0 Å². The van der Waals surface area contributed by atoms with Gasteiger partial charge in [-0.25, -0.2) is 4.98 Å². The molecule has 2 heterocycles. The fraction of sp³-hybridized carbons (Fsp3) is 0.375. The van der Waals surface area contributed by atoms with Crippen molar-refractivity contribution < 1.29 is 0 Å². The molecule has 0 atom stereocenters. The second kappa shape index (κ2) is 5.63. The first-order valence-electron chi connectivity index (χ1n) is 7.08. The van der Waals surface area contributed by atoms with Gasteiger partial charge in [-0.05, 0) is 60.1 Å². The fourth-order valence-corrected chi connectivity index (χ4v) is 3.51. The van der Waals surface area contributed by atoms with Gasteiger partial charge in [0.05, 0.1) is 23.6 Å². The van der Waals surface area contributed by atoms with Gasteiger partial charge < -0.3 is 9.88 Å². The summed E-state index contributed by atoms with van der Waals surface area (Å²) in [7, 11) is 0. The van der Waals surface area contributed by atoms with E-state index >= 15 is 0 Å². The zero-order valence-corrected chi connectivity index (χ0v) is 13.5. The first kappa shape index (κ1) is 14.3. The molecule has 108 valence electrons. The molecule has 4 nitrogen and oxygen atoms in total. The Morgan fingerprint density at radius 3 is 2.81 bits per heavy atom. The van der Waals surface area contributed by atoms with E-state index in [0.29, 0.717) is 5.56 Å². The molecular formula is C16H17BrN4. The lowest BCUT2D eigenvalue weighted by molar-refractivity contribution is 0.324. The summed E-state index contributed by atoms with van der Waals surface area (Å²) in [6, 6.07) is 7.83. The van der Waals surface area contributed by atoms with Crippen LogP contribution in [0.15, 0.2) is 35.2 Å². The third kappa shape index (κ3) is 2.61. The molecule has 0 bridgehead atoms. The molecule has 0 amide bonds. The Hall–Kier alpha value is -1.64. The zero-order chi connectivity index (χ0) is 14.9. The maximum Gasteiger partial charge on any atom is 0.0994 e. The molecule has 0 unspecified atom stereocenters. The predicted molar refractivity (Wildman–Crippen MR) is 85.4 cm³/mol. The maximum atomic E-state index is 8.99. The lowest BCUT2D eigenvalue weighted by Gasteiger charge is -2.34. The smallest absolute Gasteiger partial charge is 0.0994 e. The molecular weight excluding hydrogens is 328 g/mol. The van der Waals surface area contributed by atoms with E-state index in [-0.39, 0.29) is 5.41 Å². The van der Waals surface area contributed by atoms with Crippen molar-refractivity contribution in [3.8, 4) is 11.8 Å². The van der Waals surface area contributed by atoms with Crippen molar-refractivity contribution in [2.75, 3.05) is 13.1 Å². The van der Waals surface area contributed by atoms with Crippen LogP contribution in [-0.2, 0) is 5.41 Å². The molecule has 0 radical (unpaired) electrons. The van der Waals surface area contributed by atoms with E-state index in [1.54, 1.807) is 0 Å². The van der Waals surface area contributed by atoms with Crippen molar-refractivity contribution in [3.63, 3.8) is 0 Å². The number of nitriles is 1. The average molecular weight is 345 g/mol. The van der Waals surface area contributed by atoms with Gasteiger partial charge in [-0.2, -0.15) is 5.26 Å². The second-order valence-corrected chi connectivity index (χ2v) is 6.59. The number of halogens is 1. The largest absolute Gasteiger partial charge is 0.317 e. The van der Waals surface area contributed by atoms with Crippen molar-refractivity contribution in [3.05, 3.63) is 46.5 Å². The summed E-state index contributed by atoms with van der Waals surface area (Å²) in [5.74, 6) is 0. The van der Waals surface area contributed by atoms with Crippen LogP contribution in [-0.4, -0.2) is 22.6 Å². The molecule has 1 aromatic carbocycles. The number of imidazole rings is 1. The average Bonchev–Trinajstić information content (AvgIpc) is 2.98. The Labute approximate surface area is 132 Å². The number of nitrogens with zero attached hydrogens (tertiary/aromatic N) is 3. The van der Waals surface area contributed by atoms with Crippen molar-refractivity contribution in [2.45, 2.75) is 25.2 Å². The predicted octanol–water partition coefficient (Wildman–Crippen LogP) is 3.15. The topological polar surface area (TPSA) is 53.6 Å². The van der Waals surface area contributed by atoms with Crippen molar-refractivity contribution in [2.24, 2.45) is 0 Å². The number of aromatic nitrogens is 2. The first-order chi connectivity index (χ1) is 10.1. The first-order valence-corrected chi connectivity index (χ1v) is 7.87. The highest BCUT2D eigenvalue weighted by Crippen LogP contribution is 2.35. The molecule has 0 aliphatic carbocycles. The van der Waals surface area contributed by atoms with E-state index in [2.05, 4.69) is 43.8 Å². The van der Waals surface area contributed by atoms with Crippen LogP contribution in [0, 0.1) is 11.3 Å². The molecule has 1 aliphatic rings. The fourth-order valence-electron chi connectivity index (χ4n) is 2.94. The third-order valence-corrected chi connectivity index (χ3v) is 4.94. The van der Waals surface area contributed by atoms with Gasteiger partial charge >= 0.3 is 0 Å². The van der Waals surface area contributed by atoms with Crippen LogP contribution in [0.4, 0.5) is 0 Å². The Balaban J connectivity index is 2.05. The van der Waals surface area contributed by atoms with Crippen LogP contribution < -0.4 is 5.32 Å². The number of hydrogen-bond donors (Lipinski definition) is 1. The van der Waals surface area contributed by atoms with Crippen LogP contribution in [0.1, 0.15) is 31.0 Å². The number of piperidine rings is 1. The molecule has 21 heavy (non-hydrogen) atoms. The summed E-state index contributed by atoms with van der Waals surface area (Å²) in [6.45, 7) is 4.38. The number of nitrogens with one attached hydrogen (secondary N) is 1. The minimum absolute atomic E-state index is 0.134. The van der Waals surface area contributed by atoms with Gasteiger partial charge in [0.2, 0.25) is 0 Å². The molecule has 2 aromatic rings. The van der Waals surface area contributed by atoms with Crippen LogP contribution in [0.3, 0.4) is 0 Å². The van der Waals surface area contributed by atoms with E-state index < -0.39 is 0 Å². The quantitative estimate of drug-likeness (QED) is 0.910. The molecule has 5 heteroatoms. The summed E-state index contributed by atoms with van der Waals surface area (Å²) in [6.07, 6.45) is 6.03. The molecule has 1 aromatic heterocycles. The molecule has 1 aliphatic heterocycles. The lowest BCUT2D eigenvalue weighted by Crippen LogP contribution is -2.38. The zero-order valence-electron chi connectivity index (χ0n) is 11.9. The van der Waals surface area contributed by atoms with Gasteiger partial charge in [-0.3, -0.25) is 0 Å². The van der Waals surface area contributed by atoms with E-state index in [0.717, 1.165) is 36.1 Å². The van der Waals surface area contributed by atoms with Crippen molar-refractivity contribution >= 4 is 15.9 Å². The highest BCUT2D eigenvalue weighted by atomic mass is 79.9. The molecule has 0 saturated carbocycles. The number of benzene rings is 1. The van der Waals surface area contributed by atoms with Crippen LogP contribution >= 0.6 is 15.9 Å². The van der Waals surface area contributed by atoms with Crippen LogP contribution in [0.2, 0.25) is 0 Å². The van der Waals surface area contributed by atoms with E-state index in [9.17, 15) is 0 Å². The standard InChI is InChI=1S/C16H17BrN4/c1-16(4-6-19-7-5-16)15-10-20-11-21(15)14-3-2-12(9-18)8-13(14)17/h2-3,8,10-11,19H,4-7H2,1H3. The van der Waals surface area contributed by atoms with Gasteiger partial charge in [-0.1, -0.05) is 6.92 Å². The van der Waals surface area contributed by atoms with Crippen LogP contribution in [0.5, 0.6) is 0 Å². The maximum absolute atomic E-state index is 8.99. The van der Waals surface area contributed by atoms with Gasteiger partial charge in [-0.15, -0.1) is 0 Å². The van der Waals surface area contributed by atoms with Crippen LogP contribution in [0.25, 0.3) is 5.69 Å². The second-order valence-electron chi connectivity index (χ2n) is 5.74. The SMILES string of the molecule is CC1(c2cncn2-c2ccc(C#N)cc2Br)CCNCC1. The summed E-state index contributed by atoms with van der Waals surface area (Å²) < 4.78 is 3.05. The minimum atomic E-state index is 0.134. The highest BCUT2D eigenvalue weighted by molar-refractivity contribution is 9.10. The summed E-state index contributed by atoms with van der Waals surface area (Å²) in [5, 5.41) is 12.4. The molecule has 1 saturated heterocycles. The molecule has 1 N–H and O–H groups in total. The Morgan fingerprint density at radius 1 is 1.38 bits per heavy atom. The normalized spacial score (nSPS) is 17.4. The number of hydrogen-bond acceptors (Lipinski definition) is 3. The molecule has 1 fully saturated rings.